The predicted molar refractivity (Wildman–Crippen MR) is 75.7 cm³/mol. The van der Waals surface area contributed by atoms with Crippen LogP contribution in [0.5, 0.6) is 0 Å². The minimum absolute atomic E-state index is 0.445. The molecule has 19 heavy (non-hydrogen) atoms. The average molecular weight is 262 g/mol. The van der Waals surface area contributed by atoms with Gasteiger partial charge in [0.15, 0.2) is 0 Å². The zero-order chi connectivity index (χ0) is 13.7. The third kappa shape index (κ3) is 4.04. The standard InChI is InChI=1S/C15H22N2O2/c1-16-9-11-17(12-10-16)8-4-6-13-5-2-3-7-14(13)15(18)19/h2-3,5,7H,4,6,8-12H2,1H3,(H,18,19). The van der Waals surface area contributed by atoms with E-state index in [2.05, 4.69) is 16.8 Å². The molecule has 4 heteroatoms. The summed E-state index contributed by atoms with van der Waals surface area (Å²) in [5.41, 5.74) is 1.39. The molecule has 0 spiro atoms. The molecule has 0 radical (unpaired) electrons. The van der Waals surface area contributed by atoms with Gasteiger partial charge in [0, 0.05) is 26.2 Å². The van der Waals surface area contributed by atoms with E-state index in [1.54, 1.807) is 12.1 Å². The molecule has 1 aromatic carbocycles. The van der Waals surface area contributed by atoms with Crippen molar-refractivity contribution in [1.82, 2.24) is 9.80 Å². The maximum Gasteiger partial charge on any atom is 0.335 e. The van der Waals surface area contributed by atoms with Crippen LogP contribution in [-0.2, 0) is 6.42 Å². The van der Waals surface area contributed by atoms with Gasteiger partial charge < -0.3 is 14.9 Å². The molecule has 1 N–H and O–H groups in total. The van der Waals surface area contributed by atoms with Gasteiger partial charge in [-0.15, -0.1) is 0 Å². The van der Waals surface area contributed by atoms with E-state index in [4.69, 9.17) is 5.11 Å². The summed E-state index contributed by atoms with van der Waals surface area (Å²) in [6.45, 7) is 5.56. The number of aryl methyl sites for hydroxylation is 1. The van der Waals surface area contributed by atoms with E-state index in [1.165, 1.54) is 0 Å². The Balaban J connectivity index is 1.81. The Morgan fingerprint density at radius 1 is 1.21 bits per heavy atom. The van der Waals surface area contributed by atoms with Gasteiger partial charge in [0.2, 0.25) is 0 Å². The average Bonchev–Trinajstić information content (AvgIpc) is 2.41. The summed E-state index contributed by atoms with van der Waals surface area (Å²) >= 11 is 0. The molecule has 1 aliphatic rings. The van der Waals surface area contributed by atoms with E-state index in [-0.39, 0.29) is 0 Å². The lowest BCUT2D eigenvalue weighted by Gasteiger charge is -2.32. The first kappa shape index (κ1) is 14.0. The summed E-state index contributed by atoms with van der Waals surface area (Å²) < 4.78 is 0. The van der Waals surface area contributed by atoms with Crippen LogP contribution in [0.15, 0.2) is 24.3 Å². The van der Waals surface area contributed by atoms with Gasteiger partial charge in [0.05, 0.1) is 5.56 Å². The van der Waals surface area contributed by atoms with Gasteiger partial charge in [-0.1, -0.05) is 18.2 Å². The highest BCUT2D eigenvalue weighted by Crippen LogP contribution is 2.12. The number of hydrogen-bond donors (Lipinski definition) is 1. The van der Waals surface area contributed by atoms with Crippen LogP contribution in [0.4, 0.5) is 0 Å². The normalized spacial score (nSPS) is 17.5. The molecule has 4 nitrogen and oxygen atoms in total. The Morgan fingerprint density at radius 2 is 1.89 bits per heavy atom. The Labute approximate surface area is 114 Å². The van der Waals surface area contributed by atoms with E-state index < -0.39 is 5.97 Å². The lowest BCUT2D eigenvalue weighted by Crippen LogP contribution is -2.44. The quantitative estimate of drug-likeness (QED) is 0.874. The van der Waals surface area contributed by atoms with E-state index in [0.29, 0.717) is 5.56 Å². The number of carbonyl (C=O) groups is 1. The zero-order valence-electron chi connectivity index (χ0n) is 11.5. The Hall–Kier alpha value is -1.39. The van der Waals surface area contributed by atoms with Crippen molar-refractivity contribution >= 4 is 5.97 Å². The van der Waals surface area contributed by atoms with Crippen molar-refractivity contribution in [3.05, 3.63) is 35.4 Å². The maximum absolute atomic E-state index is 11.1. The van der Waals surface area contributed by atoms with Crippen molar-refractivity contribution in [2.75, 3.05) is 39.8 Å². The van der Waals surface area contributed by atoms with Crippen LogP contribution in [0.2, 0.25) is 0 Å². The number of carboxylic acids is 1. The monoisotopic (exact) mass is 262 g/mol. The van der Waals surface area contributed by atoms with Crippen molar-refractivity contribution in [3.63, 3.8) is 0 Å². The smallest absolute Gasteiger partial charge is 0.335 e. The highest BCUT2D eigenvalue weighted by atomic mass is 16.4. The summed E-state index contributed by atoms with van der Waals surface area (Å²) in [5.74, 6) is -0.824. The van der Waals surface area contributed by atoms with Crippen molar-refractivity contribution in [2.24, 2.45) is 0 Å². The van der Waals surface area contributed by atoms with E-state index in [9.17, 15) is 4.79 Å². The number of nitrogens with zero attached hydrogens (tertiary/aromatic N) is 2. The number of likely N-dealkylation sites (N-methyl/N-ethyl adjacent to an activating group) is 1. The van der Waals surface area contributed by atoms with Crippen LogP contribution in [0, 0.1) is 0 Å². The minimum Gasteiger partial charge on any atom is -0.478 e. The molecule has 1 fully saturated rings. The number of carboxylic acid groups (broad SMARTS) is 1. The Morgan fingerprint density at radius 3 is 2.58 bits per heavy atom. The summed E-state index contributed by atoms with van der Waals surface area (Å²) in [7, 11) is 2.15. The number of benzene rings is 1. The molecular formula is C15H22N2O2. The largest absolute Gasteiger partial charge is 0.478 e. The highest BCUT2D eigenvalue weighted by molar-refractivity contribution is 5.89. The number of hydrogen-bond acceptors (Lipinski definition) is 3. The summed E-state index contributed by atoms with van der Waals surface area (Å²) in [6.07, 6.45) is 1.86. The predicted octanol–water partition coefficient (Wildman–Crippen LogP) is 1.56. The molecule has 1 aliphatic heterocycles. The second-order valence-corrected chi connectivity index (χ2v) is 5.21. The molecule has 1 heterocycles. The summed E-state index contributed by atoms with van der Waals surface area (Å²) in [6, 6.07) is 7.31. The molecule has 0 aliphatic carbocycles. The van der Waals surface area contributed by atoms with Gasteiger partial charge in [0.1, 0.15) is 0 Å². The maximum atomic E-state index is 11.1. The molecule has 2 rings (SSSR count). The highest BCUT2D eigenvalue weighted by Gasteiger charge is 2.14. The number of rotatable bonds is 5. The van der Waals surface area contributed by atoms with E-state index in [0.717, 1.165) is 51.1 Å². The molecule has 0 unspecified atom stereocenters. The molecule has 0 saturated carbocycles. The summed E-state index contributed by atoms with van der Waals surface area (Å²) in [5, 5.41) is 9.13. The third-order valence-corrected chi connectivity index (χ3v) is 3.76. The molecule has 1 saturated heterocycles. The third-order valence-electron chi connectivity index (χ3n) is 3.76. The first-order valence-corrected chi connectivity index (χ1v) is 6.89. The van der Waals surface area contributed by atoms with E-state index in [1.807, 2.05) is 12.1 Å². The van der Waals surface area contributed by atoms with Crippen molar-refractivity contribution in [2.45, 2.75) is 12.8 Å². The van der Waals surface area contributed by atoms with Gasteiger partial charge in [-0.3, -0.25) is 0 Å². The lowest BCUT2D eigenvalue weighted by atomic mass is 10.0. The van der Waals surface area contributed by atoms with Crippen LogP contribution < -0.4 is 0 Å². The van der Waals surface area contributed by atoms with Crippen LogP contribution in [0.1, 0.15) is 22.3 Å². The number of aromatic carboxylic acids is 1. The fourth-order valence-electron chi connectivity index (χ4n) is 2.51. The minimum atomic E-state index is -0.824. The van der Waals surface area contributed by atoms with Gasteiger partial charge in [-0.05, 0) is 38.1 Å². The SMILES string of the molecule is CN1CCN(CCCc2ccccc2C(=O)O)CC1. The van der Waals surface area contributed by atoms with Crippen LogP contribution in [0.3, 0.4) is 0 Å². The van der Waals surface area contributed by atoms with E-state index >= 15 is 0 Å². The fourth-order valence-corrected chi connectivity index (χ4v) is 2.51. The molecular weight excluding hydrogens is 240 g/mol. The first-order chi connectivity index (χ1) is 9.16. The topological polar surface area (TPSA) is 43.8 Å². The Bertz CT molecular complexity index is 426. The molecule has 1 aromatic rings. The molecule has 0 amide bonds. The van der Waals surface area contributed by atoms with Crippen LogP contribution >= 0.6 is 0 Å². The van der Waals surface area contributed by atoms with Gasteiger partial charge >= 0.3 is 5.97 Å². The van der Waals surface area contributed by atoms with Crippen molar-refractivity contribution < 1.29 is 9.90 Å². The zero-order valence-corrected chi connectivity index (χ0v) is 11.5. The van der Waals surface area contributed by atoms with Crippen LogP contribution in [0.25, 0.3) is 0 Å². The second kappa shape index (κ2) is 6.68. The molecule has 0 atom stereocenters. The molecule has 104 valence electrons. The Kier molecular flexibility index (Phi) is 4.93. The number of piperazine rings is 1. The van der Waals surface area contributed by atoms with Crippen molar-refractivity contribution in [3.8, 4) is 0 Å². The summed E-state index contributed by atoms with van der Waals surface area (Å²) in [4.78, 5) is 15.9. The van der Waals surface area contributed by atoms with Gasteiger partial charge in [0.25, 0.3) is 0 Å². The van der Waals surface area contributed by atoms with Crippen molar-refractivity contribution in [1.29, 1.82) is 0 Å². The van der Waals surface area contributed by atoms with Gasteiger partial charge in [-0.25, -0.2) is 4.79 Å². The fraction of sp³-hybridized carbons (Fsp3) is 0.533. The first-order valence-electron chi connectivity index (χ1n) is 6.89. The van der Waals surface area contributed by atoms with Crippen LogP contribution in [-0.4, -0.2) is 60.6 Å². The molecule has 0 aromatic heterocycles. The molecule has 0 bridgehead atoms. The lowest BCUT2D eigenvalue weighted by molar-refractivity contribution is 0.0695. The second-order valence-electron chi connectivity index (χ2n) is 5.21. The van der Waals surface area contributed by atoms with Gasteiger partial charge in [-0.2, -0.15) is 0 Å².